The maximum atomic E-state index is 11.7. The van der Waals surface area contributed by atoms with Gasteiger partial charge in [0.05, 0.1) is 0 Å². The Hall–Kier alpha value is -2.76. The molecule has 144 valence electrons. The molecule has 2 aromatic carbocycles. The number of rotatable bonds is 7. The maximum absolute atomic E-state index is 11.7. The third-order valence-electron chi connectivity index (χ3n) is 4.74. The van der Waals surface area contributed by atoms with E-state index in [0.717, 1.165) is 10.5 Å². The third kappa shape index (κ3) is 4.06. The molecule has 0 saturated carbocycles. The molecule has 3 rings (SSSR count). The van der Waals surface area contributed by atoms with Gasteiger partial charge in [-0.3, -0.25) is 4.79 Å². The number of carboxylic acid groups (broad SMARTS) is 1. The molecule has 2 N–H and O–H groups in total. The number of thioether (sulfide) groups is 1. The fourth-order valence-corrected chi connectivity index (χ4v) is 3.58. The third-order valence-corrected chi connectivity index (χ3v) is 5.46. The first kappa shape index (κ1) is 20.0. The monoisotopic (exact) mass is 394 g/mol. The molecule has 0 bridgehead atoms. The molecule has 0 heterocycles. The molecule has 2 unspecified atom stereocenters. The second kappa shape index (κ2) is 8.50. The number of hydrogen-bond donors (Lipinski definition) is 2. The van der Waals surface area contributed by atoms with E-state index in [1.165, 1.54) is 12.2 Å². The van der Waals surface area contributed by atoms with Gasteiger partial charge in [0.1, 0.15) is 23.9 Å². The number of carbonyl (C=O) groups is 1. The average Bonchev–Trinajstić information content (AvgIpc) is 2.72. The van der Waals surface area contributed by atoms with Crippen LogP contribution in [0.3, 0.4) is 0 Å². The second-order valence-corrected chi connectivity index (χ2v) is 7.38. The fourth-order valence-electron chi connectivity index (χ4n) is 3.14. The molecule has 0 fully saturated rings. The van der Waals surface area contributed by atoms with Gasteiger partial charge in [-0.05, 0) is 41.7 Å². The van der Waals surface area contributed by atoms with Gasteiger partial charge in [0, 0.05) is 10.5 Å². The Morgan fingerprint density at radius 2 is 1.96 bits per heavy atom. The van der Waals surface area contributed by atoms with Gasteiger partial charge >= 0.3 is 5.97 Å². The van der Waals surface area contributed by atoms with Crippen molar-refractivity contribution >= 4 is 23.3 Å². The summed E-state index contributed by atoms with van der Waals surface area (Å²) < 4.78 is 6.00. The normalized spacial score (nSPS) is 20.7. The highest BCUT2D eigenvalue weighted by Gasteiger charge is 2.42. The summed E-state index contributed by atoms with van der Waals surface area (Å²) in [6.45, 7) is 4.41. The van der Waals surface area contributed by atoms with Crippen molar-refractivity contribution in [1.82, 2.24) is 0 Å². The standard InChI is InChI=1S/C23H22O4S/c1-16(23(26)13-7-6-10-20(23)22(24)25)19-14-18(28-2)11-12-21(19)27-15-17-8-4-3-5-9-17/h3-14,20,26H,1,15H2,2H3,(H,24,25). The van der Waals surface area contributed by atoms with Crippen LogP contribution < -0.4 is 4.74 Å². The lowest BCUT2D eigenvalue weighted by atomic mass is 9.76. The maximum Gasteiger partial charge on any atom is 0.314 e. The molecule has 0 radical (unpaired) electrons. The predicted molar refractivity (Wildman–Crippen MR) is 112 cm³/mol. The molecule has 0 saturated heterocycles. The molecule has 1 aliphatic carbocycles. The lowest BCUT2D eigenvalue weighted by Crippen LogP contribution is -2.41. The zero-order valence-corrected chi connectivity index (χ0v) is 16.4. The molecule has 0 amide bonds. The van der Waals surface area contributed by atoms with Crippen LogP contribution in [0.15, 0.2) is 84.3 Å². The van der Waals surface area contributed by atoms with Gasteiger partial charge in [-0.1, -0.05) is 55.1 Å². The lowest BCUT2D eigenvalue weighted by Gasteiger charge is -2.34. The van der Waals surface area contributed by atoms with Crippen molar-refractivity contribution in [2.24, 2.45) is 5.92 Å². The first-order valence-electron chi connectivity index (χ1n) is 8.81. The van der Waals surface area contributed by atoms with Crippen molar-refractivity contribution in [3.63, 3.8) is 0 Å². The van der Waals surface area contributed by atoms with Gasteiger partial charge in [-0.15, -0.1) is 11.8 Å². The Kier molecular flexibility index (Phi) is 6.07. The van der Waals surface area contributed by atoms with Crippen molar-refractivity contribution in [3.05, 3.63) is 90.5 Å². The predicted octanol–water partition coefficient (Wildman–Crippen LogP) is 4.56. The Labute approximate surface area is 168 Å². The van der Waals surface area contributed by atoms with Crippen LogP contribution in [-0.2, 0) is 11.4 Å². The highest BCUT2D eigenvalue weighted by atomic mass is 32.2. The zero-order valence-electron chi connectivity index (χ0n) is 15.5. The van der Waals surface area contributed by atoms with E-state index in [1.54, 1.807) is 23.9 Å². The minimum atomic E-state index is -1.73. The SMILES string of the molecule is C=C(c1cc(SC)ccc1OCc1ccccc1)C1(O)C=CC=CC1C(=O)O. The van der Waals surface area contributed by atoms with Crippen LogP contribution in [0.1, 0.15) is 11.1 Å². The molecule has 0 aromatic heterocycles. The Morgan fingerprint density at radius 1 is 1.21 bits per heavy atom. The Morgan fingerprint density at radius 3 is 2.64 bits per heavy atom. The number of hydrogen-bond acceptors (Lipinski definition) is 4. The van der Waals surface area contributed by atoms with Gasteiger partial charge in [0.25, 0.3) is 0 Å². The molecular formula is C23H22O4S. The summed E-state index contributed by atoms with van der Waals surface area (Å²) in [4.78, 5) is 12.7. The number of carboxylic acids is 1. The minimum Gasteiger partial charge on any atom is -0.488 e. The Balaban J connectivity index is 1.96. The van der Waals surface area contributed by atoms with Crippen LogP contribution >= 0.6 is 11.8 Å². The second-order valence-electron chi connectivity index (χ2n) is 6.50. The number of allylic oxidation sites excluding steroid dienone is 2. The average molecular weight is 394 g/mol. The van der Waals surface area contributed by atoms with Crippen molar-refractivity contribution < 1.29 is 19.7 Å². The molecule has 28 heavy (non-hydrogen) atoms. The zero-order chi connectivity index (χ0) is 20.1. The highest BCUT2D eigenvalue weighted by molar-refractivity contribution is 7.98. The van der Waals surface area contributed by atoms with Gasteiger partial charge in [-0.2, -0.15) is 0 Å². The topological polar surface area (TPSA) is 66.8 Å². The minimum absolute atomic E-state index is 0.291. The van der Waals surface area contributed by atoms with Crippen LogP contribution in [-0.4, -0.2) is 28.0 Å². The first-order chi connectivity index (χ1) is 13.5. The van der Waals surface area contributed by atoms with E-state index in [2.05, 4.69) is 6.58 Å². The summed E-state index contributed by atoms with van der Waals surface area (Å²) in [5.41, 5.74) is 0.161. The van der Waals surface area contributed by atoms with Crippen molar-refractivity contribution in [2.75, 3.05) is 6.26 Å². The molecule has 0 spiro atoms. The summed E-state index contributed by atoms with van der Waals surface area (Å²) in [6, 6.07) is 15.4. The molecule has 1 aliphatic rings. The van der Waals surface area contributed by atoms with E-state index >= 15 is 0 Å². The van der Waals surface area contributed by atoms with Crippen molar-refractivity contribution in [1.29, 1.82) is 0 Å². The van der Waals surface area contributed by atoms with E-state index in [0.29, 0.717) is 23.5 Å². The molecule has 4 nitrogen and oxygen atoms in total. The van der Waals surface area contributed by atoms with Crippen LogP contribution in [0.2, 0.25) is 0 Å². The van der Waals surface area contributed by atoms with Gasteiger partial charge < -0.3 is 14.9 Å². The summed E-state index contributed by atoms with van der Waals surface area (Å²) in [6.07, 6.45) is 8.14. The van der Waals surface area contributed by atoms with Crippen LogP contribution in [0.4, 0.5) is 0 Å². The largest absolute Gasteiger partial charge is 0.488 e. The molecule has 5 heteroatoms. The highest BCUT2D eigenvalue weighted by Crippen LogP contribution is 2.41. The van der Waals surface area contributed by atoms with Crippen LogP contribution in [0.5, 0.6) is 5.75 Å². The number of benzene rings is 2. The summed E-state index contributed by atoms with van der Waals surface area (Å²) >= 11 is 1.55. The number of ether oxygens (including phenoxy) is 1. The smallest absolute Gasteiger partial charge is 0.314 e. The van der Waals surface area contributed by atoms with Crippen molar-refractivity contribution in [3.8, 4) is 5.75 Å². The van der Waals surface area contributed by atoms with Gasteiger partial charge in [-0.25, -0.2) is 0 Å². The van der Waals surface area contributed by atoms with Crippen molar-refractivity contribution in [2.45, 2.75) is 17.1 Å². The van der Waals surface area contributed by atoms with E-state index in [1.807, 2.05) is 54.8 Å². The van der Waals surface area contributed by atoms with Gasteiger partial charge in [0.2, 0.25) is 0 Å². The van der Waals surface area contributed by atoms with E-state index in [9.17, 15) is 15.0 Å². The van der Waals surface area contributed by atoms with Crippen LogP contribution in [0.25, 0.3) is 5.57 Å². The Bertz CT molecular complexity index is 933. The molecule has 2 aromatic rings. The van der Waals surface area contributed by atoms with E-state index < -0.39 is 17.5 Å². The summed E-state index contributed by atoms with van der Waals surface area (Å²) in [5.74, 6) is -1.69. The molecule has 2 atom stereocenters. The number of aliphatic hydroxyl groups is 1. The first-order valence-corrected chi connectivity index (χ1v) is 10.0. The van der Waals surface area contributed by atoms with Crippen LogP contribution in [0, 0.1) is 5.92 Å². The quantitative estimate of drug-likeness (QED) is 0.674. The van der Waals surface area contributed by atoms with E-state index in [4.69, 9.17) is 4.74 Å². The van der Waals surface area contributed by atoms with E-state index in [-0.39, 0.29) is 0 Å². The fraction of sp³-hybridized carbons (Fsp3) is 0.174. The molecular weight excluding hydrogens is 372 g/mol. The molecule has 0 aliphatic heterocycles. The van der Waals surface area contributed by atoms with Gasteiger partial charge in [0.15, 0.2) is 0 Å². The lowest BCUT2D eigenvalue weighted by molar-refractivity contribution is -0.144. The summed E-state index contributed by atoms with van der Waals surface area (Å²) in [7, 11) is 0. The number of aliphatic carboxylic acids is 1. The summed E-state index contributed by atoms with van der Waals surface area (Å²) in [5, 5.41) is 20.8.